The van der Waals surface area contributed by atoms with Crippen LogP contribution in [0, 0.1) is 0 Å². The minimum atomic E-state index is -0.847. The first-order valence-corrected chi connectivity index (χ1v) is 8.58. The molecular formula is C13H15N5O2S2. The molecule has 1 fully saturated rings. The van der Waals surface area contributed by atoms with E-state index in [1.165, 1.54) is 11.8 Å². The molecule has 7 nitrogen and oxygen atoms in total. The van der Waals surface area contributed by atoms with Gasteiger partial charge in [0.2, 0.25) is 5.91 Å². The zero-order valence-corrected chi connectivity index (χ0v) is 13.5. The van der Waals surface area contributed by atoms with Crippen molar-refractivity contribution in [3.8, 4) is 10.7 Å². The third-order valence-corrected chi connectivity index (χ3v) is 5.14. The van der Waals surface area contributed by atoms with Crippen LogP contribution in [0.1, 0.15) is 25.8 Å². The number of hydrogen-bond donors (Lipinski definition) is 2. The molecule has 116 valence electrons. The number of hydrogen-bond acceptors (Lipinski definition) is 6. The number of carbonyl (C=O) groups excluding carboxylic acids is 2. The molecule has 1 aliphatic rings. The number of thiophene rings is 1. The Hall–Kier alpha value is -1.87. The molecule has 2 heterocycles. The molecule has 0 saturated heterocycles. The summed E-state index contributed by atoms with van der Waals surface area (Å²) in [5.74, 6) is 0.406. The van der Waals surface area contributed by atoms with Crippen LogP contribution in [-0.4, -0.2) is 32.0 Å². The summed E-state index contributed by atoms with van der Waals surface area (Å²) in [4.78, 5) is 23.6. The first-order chi connectivity index (χ1) is 10.6. The lowest BCUT2D eigenvalue weighted by Crippen LogP contribution is -2.39. The van der Waals surface area contributed by atoms with Gasteiger partial charge in [0, 0.05) is 6.04 Å². The van der Waals surface area contributed by atoms with Crippen molar-refractivity contribution in [2.24, 2.45) is 5.73 Å². The number of primary amides is 1. The van der Waals surface area contributed by atoms with E-state index in [-0.39, 0.29) is 0 Å². The zero-order valence-electron chi connectivity index (χ0n) is 11.9. The summed E-state index contributed by atoms with van der Waals surface area (Å²) in [5, 5.41) is 12.8. The zero-order chi connectivity index (χ0) is 15.7. The number of urea groups is 1. The summed E-state index contributed by atoms with van der Waals surface area (Å²) < 4.78 is 2.09. The van der Waals surface area contributed by atoms with E-state index >= 15 is 0 Å². The van der Waals surface area contributed by atoms with Gasteiger partial charge in [-0.05, 0) is 31.2 Å². The molecule has 2 aromatic heterocycles. The molecule has 1 saturated carbocycles. The molecule has 3 rings (SSSR count). The summed E-state index contributed by atoms with van der Waals surface area (Å²) in [6.07, 6.45) is 2.18. The van der Waals surface area contributed by atoms with Gasteiger partial charge in [0.25, 0.3) is 0 Å². The fourth-order valence-corrected chi connectivity index (χ4v) is 3.65. The highest BCUT2D eigenvalue weighted by Crippen LogP contribution is 2.42. The Bertz CT molecular complexity index is 693. The fraction of sp³-hybridized carbons (Fsp3) is 0.385. The fourth-order valence-electron chi connectivity index (χ4n) is 2.03. The number of carbonyl (C=O) groups is 2. The van der Waals surface area contributed by atoms with Crippen LogP contribution in [0.25, 0.3) is 10.7 Å². The maximum atomic E-state index is 11.8. The Kier molecular flexibility index (Phi) is 4.16. The Balaban J connectivity index is 1.82. The van der Waals surface area contributed by atoms with E-state index in [4.69, 9.17) is 5.73 Å². The van der Waals surface area contributed by atoms with E-state index < -0.39 is 17.2 Å². The van der Waals surface area contributed by atoms with Crippen molar-refractivity contribution in [3.63, 3.8) is 0 Å². The van der Waals surface area contributed by atoms with Crippen LogP contribution in [0.4, 0.5) is 4.79 Å². The molecule has 1 atom stereocenters. The summed E-state index contributed by atoms with van der Waals surface area (Å²) in [5.41, 5.74) is 4.97. The minimum Gasteiger partial charge on any atom is -0.351 e. The molecular weight excluding hydrogens is 322 g/mol. The van der Waals surface area contributed by atoms with Gasteiger partial charge >= 0.3 is 6.03 Å². The molecule has 2 aromatic rings. The van der Waals surface area contributed by atoms with Gasteiger partial charge in [-0.3, -0.25) is 14.7 Å². The van der Waals surface area contributed by atoms with Gasteiger partial charge in [0.15, 0.2) is 11.0 Å². The molecule has 1 aliphatic carbocycles. The smallest absolute Gasteiger partial charge is 0.318 e. The molecule has 3 N–H and O–H groups in total. The summed E-state index contributed by atoms with van der Waals surface area (Å²) in [6.45, 7) is 1.71. The highest BCUT2D eigenvalue weighted by atomic mass is 32.2. The third kappa shape index (κ3) is 3.14. The van der Waals surface area contributed by atoms with E-state index in [0.717, 1.165) is 23.5 Å². The SMILES string of the molecule is CC(Sc1nnc(-c2cccs2)n1C1CC1)C(=O)NC(N)=O. The van der Waals surface area contributed by atoms with Crippen molar-refractivity contribution in [2.75, 3.05) is 0 Å². The largest absolute Gasteiger partial charge is 0.351 e. The van der Waals surface area contributed by atoms with Gasteiger partial charge in [-0.1, -0.05) is 17.8 Å². The Labute approximate surface area is 135 Å². The maximum Gasteiger partial charge on any atom is 0.318 e. The van der Waals surface area contributed by atoms with E-state index in [1.54, 1.807) is 18.3 Å². The van der Waals surface area contributed by atoms with Crippen LogP contribution < -0.4 is 11.1 Å². The second-order valence-corrected chi connectivity index (χ2v) is 7.25. The molecule has 0 radical (unpaired) electrons. The van der Waals surface area contributed by atoms with Gasteiger partial charge in [0.05, 0.1) is 10.1 Å². The van der Waals surface area contributed by atoms with Gasteiger partial charge in [-0.15, -0.1) is 21.5 Å². The van der Waals surface area contributed by atoms with Crippen LogP contribution in [0.2, 0.25) is 0 Å². The van der Waals surface area contributed by atoms with E-state index in [9.17, 15) is 9.59 Å². The van der Waals surface area contributed by atoms with E-state index in [1.807, 2.05) is 17.5 Å². The third-order valence-electron chi connectivity index (χ3n) is 3.22. The molecule has 22 heavy (non-hydrogen) atoms. The maximum absolute atomic E-state index is 11.8. The lowest BCUT2D eigenvalue weighted by molar-refractivity contribution is -0.119. The molecule has 0 spiro atoms. The molecule has 0 bridgehead atoms. The predicted octanol–water partition coefficient (Wildman–Crippen LogP) is 2.02. The number of nitrogens with zero attached hydrogens (tertiary/aromatic N) is 3. The minimum absolute atomic E-state index is 0.390. The Morgan fingerprint density at radius 3 is 2.86 bits per heavy atom. The van der Waals surface area contributed by atoms with Crippen LogP contribution in [0.5, 0.6) is 0 Å². The van der Waals surface area contributed by atoms with Crippen LogP contribution in [0.3, 0.4) is 0 Å². The van der Waals surface area contributed by atoms with Crippen molar-refractivity contribution < 1.29 is 9.59 Å². The highest BCUT2D eigenvalue weighted by molar-refractivity contribution is 8.00. The summed E-state index contributed by atoms with van der Waals surface area (Å²) >= 11 is 2.89. The number of amides is 3. The molecule has 0 aliphatic heterocycles. The topological polar surface area (TPSA) is 103 Å². The van der Waals surface area contributed by atoms with Gasteiger partial charge in [0.1, 0.15) is 0 Å². The first-order valence-electron chi connectivity index (χ1n) is 6.82. The normalized spacial score (nSPS) is 15.5. The summed E-state index contributed by atoms with van der Waals surface area (Å²) in [6, 6.07) is 3.52. The van der Waals surface area contributed by atoms with Crippen molar-refractivity contribution in [3.05, 3.63) is 17.5 Å². The average Bonchev–Trinajstić information content (AvgIpc) is 3.00. The number of thioether (sulfide) groups is 1. The average molecular weight is 337 g/mol. The van der Waals surface area contributed by atoms with Crippen molar-refractivity contribution in [1.29, 1.82) is 0 Å². The van der Waals surface area contributed by atoms with Crippen molar-refractivity contribution in [2.45, 2.75) is 36.2 Å². The van der Waals surface area contributed by atoms with E-state index in [0.29, 0.717) is 11.2 Å². The number of imide groups is 1. The Morgan fingerprint density at radius 1 is 1.50 bits per heavy atom. The van der Waals surface area contributed by atoms with Crippen molar-refractivity contribution in [1.82, 2.24) is 20.1 Å². The first kappa shape index (κ1) is 15.0. The van der Waals surface area contributed by atoms with Crippen molar-refractivity contribution >= 4 is 35.0 Å². The summed E-state index contributed by atoms with van der Waals surface area (Å²) in [7, 11) is 0. The standard InChI is InChI=1S/C13H15N5O2S2/c1-7(11(19)15-12(14)20)22-13-17-16-10(9-3-2-6-21-9)18(13)8-4-5-8/h2-3,6-8H,4-5H2,1H3,(H3,14,15,19,20). The number of aromatic nitrogens is 3. The van der Waals surface area contributed by atoms with Crippen LogP contribution >= 0.6 is 23.1 Å². The monoisotopic (exact) mass is 337 g/mol. The van der Waals surface area contributed by atoms with Crippen LogP contribution in [0.15, 0.2) is 22.7 Å². The van der Waals surface area contributed by atoms with Gasteiger partial charge in [-0.2, -0.15) is 0 Å². The molecule has 1 unspecified atom stereocenters. The molecule has 0 aromatic carbocycles. The number of nitrogens with two attached hydrogens (primary N) is 1. The number of rotatable bonds is 5. The lowest BCUT2D eigenvalue weighted by Gasteiger charge is -2.11. The number of nitrogens with one attached hydrogen (secondary N) is 1. The molecule has 3 amide bonds. The van der Waals surface area contributed by atoms with Gasteiger partial charge in [-0.25, -0.2) is 4.79 Å². The second kappa shape index (κ2) is 6.09. The Morgan fingerprint density at radius 2 is 2.27 bits per heavy atom. The van der Waals surface area contributed by atoms with E-state index in [2.05, 4.69) is 20.1 Å². The van der Waals surface area contributed by atoms with Gasteiger partial charge < -0.3 is 5.73 Å². The quantitative estimate of drug-likeness (QED) is 0.813. The predicted molar refractivity (Wildman–Crippen MR) is 84.7 cm³/mol. The highest BCUT2D eigenvalue weighted by Gasteiger charge is 2.31. The second-order valence-electron chi connectivity index (χ2n) is 5.00. The molecule has 9 heteroatoms. The lowest BCUT2D eigenvalue weighted by atomic mass is 10.4. The van der Waals surface area contributed by atoms with Crippen LogP contribution in [-0.2, 0) is 4.79 Å².